The van der Waals surface area contributed by atoms with E-state index in [1.54, 1.807) is 0 Å². The second-order valence-electron chi connectivity index (χ2n) is 9.70. The molecule has 0 bridgehead atoms. The summed E-state index contributed by atoms with van der Waals surface area (Å²) in [4.78, 5) is 0. The van der Waals surface area contributed by atoms with Crippen LogP contribution in [0.4, 0.5) is 0 Å². The summed E-state index contributed by atoms with van der Waals surface area (Å²) in [5.41, 5.74) is 9.16. The first-order chi connectivity index (χ1) is 17.9. The molecule has 0 saturated carbocycles. The number of hydrogen-bond acceptors (Lipinski definition) is 1. The maximum absolute atomic E-state index is 2.49. The minimum atomic E-state index is 1.20. The molecule has 9 rings (SSSR count). The Morgan fingerprint density at radius 2 is 1.19 bits per heavy atom. The van der Waals surface area contributed by atoms with E-state index >= 15 is 0 Å². The summed E-state index contributed by atoms with van der Waals surface area (Å²) in [7, 11) is 0. The molecule has 6 aromatic carbocycles. The van der Waals surface area contributed by atoms with Crippen LogP contribution < -0.4 is 0 Å². The Hall–Kier alpha value is -4.40. The number of nitrogens with zero attached hydrogens (tertiary/aromatic N) is 1. The van der Waals surface area contributed by atoms with Gasteiger partial charge in [0.15, 0.2) is 0 Å². The number of fused-ring (bicyclic) bond motifs is 11. The number of hydrogen-bond donors (Lipinski definition) is 0. The molecule has 0 unspecified atom stereocenters. The van der Waals surface area contributed by atoms with Gasteiger partial charge in [-0.05, 0) is 58.0 Å². The van der Waals surface area contributed by atoms with Crippen LogP contribution in [-0.2, 0) is 0 Å². The lowest BCUT2D eigenvalue weighted by Gasteiger charge is -2.11. The fourth-order valence-electron chi connectivity index (χ4n) is 6.48. The van der Waals surface area contributed by atoms with Gasteiger partial charge >= 0.3 is 0 Å². The molecule has 1 aliphatic carbocycles. The van der Waals surface area contributed by atoms with E-state index in [1.165, 1.54) is 80.7 Å². The average molecular weight is 474 g/mol. The van der Waals surface area contributed by atoms with E-state index < -0.39 is 0 Å². The second-order valence-corrected chi connectivity index (χ2v) is 10.8. The van der Waals surface area contributed by atoms with E-state index in [0.29, 0.717) is 0 Å². The number of benzene rings is 6. The summed E-state index contributed by atoms with van der Waals surface area (Å²) >= 11 is 1.92. The number of rotatable bonds is 1. The van der Waals surface area contributed by atoms with E-state index in [4.69, 9.17) is 0 Å². The van der Waals surface area contributed by atoms with Gasteiger partial charge in [0.2, 0.25) is 0 Å². The normalized spacial score (nSPS) is 12.4. The topological polar surface area (TPSA) is 4.93 Å². The van der Waals surface area contributed by atoms with Gasteiger partial charge in [-0.3, -0.25) is 0 Å². The molecular formula is C34H19NS. The predicted octanol–water partition coefficient (Wildman–Crippen LogP) is 9.95. The Morgan fingerprint density at radius 1 is 0.472 bits per heavy atom. The Labute approximate surface area is 211 Å². The Balaban J connectivity index is 1.59. The van der Waals surface area contributed by atoms with Crippen molar-refractivity contribution in [3.8, 4) is 27.9 Å². The van der Waals surface area contributed by atoms with Crippen LogP contribution in [0.15, 0.2) is 115 Å². The van der Waals surface area contributed by atoms with Crippen molar-refractivity contribution in [3.63, 3.8) is 0 Å². The first-order valence-corrected chi connectivity index (χ1v) is 13.2. The average Bonchev–Trinajstić information content (AvgIpc) is 3.58. The summed E-state index contributed by atoms with van der Waals surface area (Å²) in [6, 6.07) is 42.5. The molecule has 0 saturated heterocycles. The minimum absolute atomic E-state index is 1.20. The molecule has 166 valence electrons. The summed E-state index contributed by atoms with van der Waals surface area (Å²) in [6.45, 7) is 0. The molecule has 2 aromatic heterocycles. The molecular weight excluding hydrogens is 454 g/mol. The van der Waals surface area contributed by atoms with Crippen molar-refractivity contribution in [2.45, 2.75) is 0 Å². The minimum Gasteiger partial charge on any atom is -0.309 e. The van der Waals surface area contributed by atoms with Gasteiger partial charge in [0.1, 0.15) is 0 Å². The summed E-state index contributed by atoms with van der Waals surface area (Å²) < 4.78 is 5.21. The Kier molecular flexibility index (Phi) is 3.47. The van der Waals surface area contributed by atoms with Crippen molar-refractivity contribution in [3.05, 3.63) is 115 Å². The smallest absolute Gasteiger partial charge is 0.0620 e. The van der Waals surface area contributed by atoms with Gasteiger partial charge in [-0.25, -0.2) is 0 Å². The third-order valence-corrected chi connectivity index (χ3v) is 9.12. The third kappa shape index (κ3) is 2.21. The molecule has 0 aliphatic heterocycles. The lowest BCUT2D eigenvalue weighted by atomic mass is 9.98. The lowest BCUT2D eigenvalue weighted by Crippen LogP contribution is -1.94. The molecule has 36 heavy (non-hydrogen) atoms. The second kappa shape index (κ2) is 6.63. The lowest BCUT2D eigenvalue weighted by molar-refractivity contribution is 1.19. The van der Waals surface area contributed by atoms with Crippen LogP contribution in [-0.4, -0.2) is 4.57 Å². The maximum atomic E-state index is 2.49. The van der Waals surface area contributed by atoms with Crippen molar-refractivity contribution >= 4 is 64.1 Å². The van der Waals surface area contributed by atoms with Crippen molar-refractivity contribution in [2.75, 3.05) is 0 Å². The Morgan fingerprint density at radius 3 is 2.08 bits per heavy atom. The zero-order valence-electron chi connectivity index (χ0n) is 19.3. The SMILES string of the molecule is c1ccc(-n2c3ccc4c5ccccc5sc4c3c3cc4c5c(cccc5c32)-c2ccccc2-4)cc1. The summed E-state index contributed by atoms with van der Waals surface area (Å²) in [5.74, 6) is 0. The van der Waals surface area contributed by atoms with Gasteiger partial charge in [-0.1, -0.05) is 84.9 Å². The molecule has 1 aliphatic rings. The fraction of sp³-hybridized carbons (Fsp3) is 0. The van der Waals surface area contributed by atoms with Crippen molar-refractivity contribution in [1.82, 2.24) is 4.57 Å². The zero-order valence-corrected chi connectivity index (χ0v) is 20.1. The fourth-order valence-corrected chi connectivity index (χ4v) is 7.74. The van der Waals surface area contributed by atoms with Crippen LogP contribution >= 0.6 is 11.3 Å². The molecule has 0 amide bonds. The number of aromatic nitrogens is 1. The third-order valence-electron chi connectivity index (χ3n) is 7.91. The largest absolute Gasteiger partial charge is 0.309 e. The predicted molar refractivity (Wildman–Crippen MR) is 156 cm³/mol. The molecule has 1 nitrogen and oxygen atoms in total. The van der Waals surface area contributed by atoms with Crippen molar-refractivity contribution in [1.29, 1.82) is 0 Å². The van der Waals surface area contributed by atoms with Crippen molar-refractivity contribution < 1.29 is 0 Å². The quantitative estimate of drug-likeness (QED) is 0.223. The van der Waals surface area contributed by atoms with Crippen LogP contribution in [0.2, 0.25) is 0 Å². The standard InChI is InChI=1S/C34H19NS/c1-2-9-20(10-3-1)35-29-18-17-25-23-13-6-7-16-30(23)36-34(25)32(29)28-19-27-22-12-5-4-11-21(22)24-14-8-15-26(31(24)27)33(28)35/h1-19H. The van der Waals surface area contributed by atoms with Crippen molar-refractivity contribution in [2.24, 2.45) is 0 Å². The molecule has 0 fully saturated rings. The number of thiophene rings is 1. The molecule has 0 radical (unpaired) electrons. The van der Waals surface area contributed by atoms with E-state index in [2.05, 4.69) is 120 Å². The molecule has 8 aromatic rings. The molecule has 0 atom stereocenters. The van der Waals surface area contributed by atoms with Gasteiger partial charge in [-0.2, -0.15) is 0 Å². The van der Waals surface area contributed by atoms with Gasteiger partial charge < -0.3 is 4.57 Å². The van der Waals surface area contributed by atoms with Gasteiger partial charge in [0, 0.05) is 42.0 Å². The number of para-hydroxylation sites is 1. The highest BCUT2D eigenvalue weighted by Crippen LogP contribution is 2.52. The van der Waals surface area contributed by atoms with E-state index in [0.717, 1.165) is 0 Å². The zero-order chi connectivity index (χ0) is 23.4. The monoisotopic (exact) mass is 473 g/mol. The van der Waals surface area contributed by atoms with Crippen LogP contribution in [0.3, 0.4) is 0 Å². The molecule has 0 N–H and O–H groups in total. The summed E-state index contributed by atoms with van der Waals surface area (Å²) in [6.07, 6.45) is 0. The molecule has 0 spiro atoms. The van der Waals surface area contributed by atoms with E-state index in [-0.39, 0.29) is 0 Å². The van der Waals surface area contributed by atoms with Gasteiger partial charge in [0.05, 0.1) is 11.0 Å². The highest BCUT2D eigenvalue weighted by atomic mass is 32.1. The first-order valence-electron chi connectivity index (χ1n) is 12.4. The van der Waals surface area contributed by atoms with E-state index in [9.17, 15) is 0 Å². The van der Waals surface area contributed by atoms with Crippen LogP contribution in [0.25, 0.3) is 80.7 Å². The van der Waals surface area contributed by atoms with Gasteiger partial charge in [0.25, 0.3) is 0 Å². The van der Waals surface area contributed by atoms with Gasteiger partial charge in [-0.15, -0.1) is 11.3 Å². The highest BCUT2D eigenvalue weighted by Gasteiger charge is 2.26. The van der Waals surface area contributed by atoms with E-state index in [1.807, 2.05) is 11.3 Å². The van der Waals surface area contributed by atoms with Crippen LogP contribution in [0.5, 0.6) is 0 Å². The van der Waals surface area contributed by atoms with Crippen LogP contribution in [0, 0.1) is 0 Å². The maximum Gasteiger partial charge on any atom is 0.0620 e. The highest BCUT2D eigenvalue weighted by molar-refractivity contribution is 7.26. The molecule has 2 heteroatoms. The molecule has 2 heterocycles. The first kappa shape index (κ1) is 18.9. The summed E-state index contributed by atoms with van der Waals surface area (Å²) in [5, 5.41) is 8.09. The van der Waals surface area contributed by atoms with Crippen LogP contribution in [0.1, 0.15) is 0 Å². The Bertz CT molecular complexity index is 2190.